The van der Waals surface area contributed by atoms with E-state index in [1.165, 1.54) is 6.07 Å². The number of oxime groups is 1. The van der Waals surface area contributed by atoms with Gasteiger partial charge in [0, 0.05) is 30.8 Å². The summed E-state index contributed by atoms with van der Waals surface area (Å²) in [6, 6.07) is 4.62. The van der Waals surface area contributed by atoms with Crippen LogP contribution in [0.3, 0.4) is 0 Å². The van der Waals surface area contributed by atoms with Gasteiger partial charge in [0.25, 0.3) is 0 Å². The monoisotopic (exact) mass is 281 g/mol. The zero-order valence-electron chi connectivity index (χ0n) is 11.7. The summed E-state index contributed by atoms with van der Waals surface area (Å²) >= 11 is 0. The lowest BCUT2D eigenvalue weighted by Gasteiger charge is -2.35. The van der Waals surface area contributed by atoms with Crippen LogP contribution < -0.4 is 5.73 Å². The molecule has 1 aromatic rings. The first-order valence-corrected chi connectivity index (χ1v) is 6.63. The maximum Gasteiger partial charge on any atom is 0.170 e. The molecule has 1 heterocycles. The van der Waals surface area contributed by atoms with Crippen molar-refractivity contribution in [1.29, 1.82) is 0 Å². The molecule has 0 radical (unpaired) electrons. The fraction of sp³-hybridized carbons (Fsp3) is 0.500. The second-order valence-corrected chi connectivity index (χ2v) is 5.24. The van der Waals surface area contributed by atoms with Crippen molar-refractivity contribution in [2.24, 2.45) is 10.9 Å². The number of amidine groups is 1. The molecule has 2 rings (SSSR count). The molecule has 0 saturated carbocycles. The van der Waals surface area contributed by atoms with E-state index in [9.17, 15) is 4.39 Å². The zero-order valence-corrected chi connectivity index (χ0v) is 11.7. The van der Waals surface area contributed by atoms with E-state index >= 15 is 0 Å². The van der Waals surface area contributed by atoms with Crippen LogP contribution in [0.5, 0.6) is 0 Å². The molecule has 1 aliphatic rings. The molecule has 0 aromatic heterocycles. The molecule has 1 aromatic carbocycles. The van der Waals surface area contributed by atoms with Gasteiger partial charge < -0.3 is 15.7 Å². The number of nitrogens with zero attached hydrogens (tertiary/aromatic N) is 2. The summed E-state index contributed by atoms with van der Waals surface area (Å²) in [5.74, 6) is -0.440. The molecule has 1 saturated heterocycles. The largest absolute Gasteiger partial charge is 0.409 e. The van der Waals surface area contributed by atoms with E-state index < -0.39 is 0 Å². The molecular formula is C14H20FN3O2. The van der Waals surface area contributed by atoms with Crippen LogP contribution in [0.1, 0.15) is 25.0 Å². The molecule has 1 fully saturated rings. The predicted octanol–water partition coefficient (Wildman–Crippen LogP) is 1.53. The lowest BCUT2D eigenvalue weighted by Crippen LogP contribution is -2.44. The smallest absolute Gasteiger partial charge is 0.170 e. The molecule has 6 heteroatoms. The van der Waals surface area contributed by atoms with Crippen LogP contribution in [0.4, 0.5) is 4.39 Å². The highest BCUT2D eigenvalue weighted by Crippen LogP contribution is 2.17. The molecule has 20 heavy (non-hydrogen) atoms. The van der Waals surface area contributed by atoms with Crippen LogP contribution in [-0.2, 0) is 11.3 Å². The van der Waals surface area contributed by atoms with Crippen molar-refractivity contribution in [3.8, 4) is 0 Å². The lowest BCUT2D eigenvalue weighted by molar-refractivity contribution is -0.0707. The van der Waals surface area contributed by atoms with Gasteiger partial charge in [-0.25, -0.2) is 4.39 Å². The van der Waals surface area contributed by atoms with Gasteiger partial charge in [0.1, 0.15) is 5.82 Å². The van der Waals surface area contributed by atoms with Crippen LogP contribution in [0.25, 0.3) is 0 Å². The first-order valence-electron chi connectivity index (χ1n) is 6.63. The summed E-state index contributed by atoms with van der Waals surface area (Å²) < 4.78 is 19.7. The van der Waals surface area contributed by atoms with Crippen molar-refractivity contribution in [3.63, 3.8) is 0 Å². The van der Waals surface area contributed by atoms with E-state index in [4.69, 9.17) is 15.7 Å². The van der Waals surface area contributed by atoms with Crippen LogP contribution >= 0.6 is 0 Å². The Morgan fingerprint density at radius 2 is 2.10 bits per heavy atom. The number of hydrogen-bond acceptors (Lipinski definition) is 4. The van der Waals surface area contributed by atoms with E-state index in [0.717, 1.165) is 13.1 Å². The van der Waals surface area contributed by atoms with E-state index in [2.05, 4.69) is 10.1 Å². The van der Waals surface area contributed by atoms with E-state index in [-0.39, 0.29) is 23.9 Å². The summed E-state index contributed by atoms with van der Waals surface area (Å²) in [5.41, 5.74) is 6.41. The zero-order chi connectivity index (χ0) is 14.7. The van der Waals surface area contributed by atoms with Gasteiger partial charge in [-0.1, -0.05) is 17.3 Å². The van der Waals surface area contributed by atoms with Gasteiger partial charge in [0.15, 0.2) is 5.84 Å². The normalized spacial score (nSPS) is 24.9. The average Bonchev–Trinajstić information content (AvgIpc) is 2.39. The van der Waals surface area contributed by atoms with Gasteiger partial charge in [-0.05, 0) is 19.9 Å². The first-order chi connectivity index (χ1) is 9.49. The molecule has 0 bridgehead atoms. The highest BCUT2D eigenvalue weighted by molar-refractivity contribution is 5.97. The fourth-order valence-corrected chi connectivity index (χ4v) is 2.55. The van der Waals surface area contributed by atoms with Gasteiger partial charge in [-0.3, -0.25) is 4.90 Å². The molecule has 1 aliphatic heterocycles. The van der Waals surface area contributed by atoms with Gasteiger partial charge in [-0.15, -0.1) is 0 Å². The molecule has 5 nitrogen and oxygen atoms in total. The Balaban J connectivity index is 2.10. The SMILES string of the molecule is C[C@@H]1CN(Cc2ccc(/C(N)=N/O)cc2F)C[C@H](C)O1. The molecule has 0 spiro atoms. The Morgan fingerprint density at radius 3 is 2.65 bits per heavy atom. The molecule has 0 unspecified atom stereocenters. The van der Waals surface area contributed by atoms with Crippen molar-refractivity contribution in [2.45, 2.75) is 32.6 Å². The van der Waals surface area contributed by atoms with Crippen molar-refractivity contribution < 1.29 is 14.3 Å². The number of ether oxygens (including phenoxy) is 1. The maximum atomic E-state index is 14.0. The Hall–Kier alpha value is -1.66. The van der Waals surface area contributed by atoms with Crippen molar-refractivity contribution in [1.82, 2.24) is 4.90 Å². The lowest BCUT2D eigenvalue weighted by atomic mass is 10.1. The molecule has 3 N–H and O–H groups in total. The minimum absolute atomic E-state index is 0.0935. The Morgan fingerprint density at radius 1 is 1.45 bits per heavy atom. The fourth-order valence-electron chi connectivity index (χ4n) is 2.55. The van der Waals surface area contributed by atoms with E-state index in [1.54, 1.807) is 12.1 Å². The quantitative estimate of drug-likeness (QED) is 0.381. The molecular weight excluding hydrogens is 261 g/mol. The first kappa shape index (κ1) is 14.7. The average molecular weight is 281 g/mol. The van der Waals surface area contributed by atoms with Crippen molar-refractivity contribution >= 4 is 5.84 Å². The van der Waals surface area contributed by atoms with Gasteiger partial charge in [0.2, 0.25) is 0 Å². The number of benzene rings is 1. The minimum atomic E-state index is -0.346. The second-order valence-electron chi connectivity index (χ2n) is 5.24. The Labute approximate surface area is 117 Å². The van der Waals surface area contributed by atoms with Crippen LogP contribution in [0.15, 0.2) is 23.4 Å². The topological polar surface area (TPSA) is 71.1 Å². The predicted molar refractivity (Wildman–Crippen MR) is 74.2 cm³/mol. The van der Waals surface area contributed by atoms with E-state index in [0.29, 0.717) is 17.7 Å². The number of morpholine rings is 1. The van der Waals surface area contributed by atoms with Crippen LogP contribution in [0.2, 0.25) is 0 Å². The standard InChI is InChI=1S/C14H20FN3O2/c1-9-6-18(7-10(2)20-9)8-12-4-3-11(5-13(12)15)14(16)17-19/h3-5,9-10,19H,6-8H2,1-2H3,(H2,16,17)/t9-,10+. The van der Waals surface area contributed by atoms with Crippen molar-refractivity contribution in [2.75, 3.05) is 13.1 Å². The molecule has 110 valence electrons. The molecule has 0 amide bonds. The van der Waals surface area contributed by atoms with Gasteiger partial charge in [-0.2, -0.15) is 0 Å². The van der Waals surface area contributed by atoms with Crippen LogP contribution in [-0.4, -0.2) is 41.2 Å². The molecule has 2 atom stereocenters. The number of rotatable bonds is 3. The Kier molecular flexibility index (Phi) is 4.57. The molecule has 0 aliphatic carbocycles. The van der Waals surface area contributed by atoms with Gasteiger partial charge in [0.05, 0.1) is 12.2 Å². The minimum Gasteiger partial charge on any atom is -0.409 e. The number of hydrogen-bond donors (Lipinski definition) is 2. The summed E-state index contributed by atoms with van der Waals surface area (Å²) in [7, 11) is 0. The summed E-state index contributed by atoms with van der Waals surface area (Å²) in [6.45, 7) is 6.12. The van der Waals surface area contributed by atoms with Gasteiger partial charge >= 0.3 is 0 Å². The maximum absolute atomic E-state index is 14.0. The van der Waals surface area contributed by atoms with E-state index in [1.807, 2.05) is 13.8 Å². The second kappa shape index (κ2) is 6.19. The third kappa shape index (κ3) is 3.46. The third-order valence-electron chi connectivity index (χ3n) is 3.35. The number of nitrogens with two attached hydrogens (primary N) is 1. The highest BCUT2D eigenvalue weighted by Gasteiger charge is 2.22. The third-order valence-corrected chi connectivity index (χ3v) is 3.35. The summed E-state index contributed by atoms with van der Waals surface area (Å²) in [4.78, 5) is 2.17. The number of halogens is 1. The highest BCUT2D eigenvalue weighted by atomic mass is 19.1. The van der Waals surface area contributed by atoms with Crippen molar-refractivity contribution in [3.05, 3.63) is 35.1 Å². The summed E-state index contributed by atoms with van der Waals surface area (Å²) in [6.07, 6.45) is 0.302. The summed E-state index contributed by atoms with van der Waals surface area (Å²) in [5, 5.41) is 11.5. The Bertz CT molecular complexity index is 497. The van der Waals surface area contributed by atoms with Crippen LogP contribution in [0, 0.1) is 5.82 Å².